The van der Waals surface area contributed by atoms with Gasteiger partial charge in [0.1, 0.15) is 0 Å². The summed E-state index contributed by atoms with van der Waals surface area (Å²) in [7, 11) is 0. The SMILES string of the molecule is CC(C)CNc1cnnc(NCc2ccc(Cl)cc2)n1. The number of benzene rings is 1. The highest BCUT2D eigenvalue weighted by Crippen LogP contribution is 2.11. The maximum Gasteiger partial charge on any atom is 0.244 e. The molecule has 0 aliphatic heterocycles. The van der Waals surface area contributed by atoms with Crippen molar-refractivity contribution in [2.24, 2.45) is 5.92 Å². The Bertz CT molecular complexity index is 542. The zero-order valence-corrected chi connectivity index (χ0v) is 12.4. The van der Waals surface area contributed by atoms with Gasteiger partial charge in [-0.2, -0.15) is 10.1 Å². The van der Waals surface area contributed by atoms with E-state index in [0.29, 0.717) is 18.4 Å². The second kappa shape index (κ2) is 7.05. The molecule has 0 spiro atoms. The number of nitrogens with one attached hydrogen (secondary N) is 2. The number of anilines is 2. The van der Waals surface area contributed by atoms with Crippen LogP contribution < -0.4 is 10.6 Å². The van der Waals surface area contributed by atoms with Crippen LogP contribution in [0, 0.1) is 5.92 Å². The first-order chi connectivity index (χ1) is 9.63. The monoisotopic (exact) mass is 291 g/mol. The topological polar surface area (TPSA) is 62.7 Å². The number of rotatable bonds is 6. The molecule has 0 saturated heterocycles. The van der Waals surface area contributed by atoms with Crippen LogP contribution in [0.25, 0.3) is 0 Å². The first kappa shape index (κ1) is 14.5. The Morgan fingerprint density at radius 2 is 1.90 bits per heavy atom. The lowest BCUT2D eigenvalue weighted by Gasteiger charge is -2.09. The fourth-order valence-corrected chi connectivity index (χ4v) is 1.68. The van der Waals surface area contributed by atoms with Crippen molar-refractivity contribution in [1.82, 2.24) is 15.2 Å². The summed E-state index contributed by atoms with van der Waals surface area (Å²) in [4.78, 5) is 4.36. The van der Waals surface area contributed by atoms with Crippen LogP contribution >= 0.6 is 11.6 Å². The molecule has 2 aromatic rings. The third-order valence-corrected chi connectivity index (χ3v) is 2.87. The zero-order valence-electron chi connectivity index (χ0n) is 11.6. The summed E-state index contributed by atoms with van der Waals surface area (Å²) in [5.74, 6) is 1.79. The summed E-state index contributed by atoms with van der Waals surface area (Å²) in [6, 6.07) is 7.64. The van der Waals surface area contributed by atoms with E-state index in [2.05, 4.69) is 39.7 Å². The minimum absolute atomic E-state index is 0.508. The summed E-state index contributed by atoms with van der Waals surface area (Å²) < 4.78 is 0. The predicted octanol–water partition coefficient (Wildman–Crippen LogP) is 3.21. The molecule has 5 nitrogen and oxygen atoms in total. The summed E-state index contributed by atoms with van der Waals surface area (Å²) in [5.41, 5.74) is 1.11. The molecule has 1 aromatic heterocycles. The molecule has 2 rings (SSSR count). The maximum absolute atomic E-state index is 5.85. The van der Waals surface area contributed by atoms with Crippen molar-refractivity contribution in [3.8, 4) is 0 Å². The lowest BCUT2D eigenvalue weighted by molar-refractivity contribution is 0.686. The highest BCUT2D eigenvalue weighted by Gasteiger charge is 2.01. The second-order valence-corrected chi connectivity index (χ2v) is 5.36. The molecule has 6 heteroatoms. The van der Waals surface area contributed by atoms with Gasteiger partial charge in [0.25, 0.3) is 0 Å². The molecule has 0 aliphatic carbocycles. The molecule has 0 amide bonds. The molecule has 0 aliphatic rings. The van der Waals surface area contributed by atoms with Crippen LogP contribution in [0.3, 0.4) is 0 Å². The normalized spacial score (nSPS) is 10.6. The van der Waals surface area contributed by atoms with E-state index in [1.54, 1.807) is 6.20 Å². The summed E-state index contributed by atoms with van der Waals surface area (Å²) in [5, 5.41) is 15.0. The van der Waals surface area contributed by atoms with E-state index >= 15 is 0 Å². The molecular formula is C14H18ClN5. The van der Waals surface area contributed by atoms with Crippen molar-refractivity contribution < 1.29 is 0 Å². The Balaban J connectivity index is 1.92. The lowest BCUT2D eigenvalue weighted by Crippen LogP contribution is -2.11. The third-order valence-electron chi connectivity index (χ3n) is 2.61. The van der Waals surface area contributed by atoms with Crippen LogP contribution in [0.2, 0.25) is 5.02 Å². The van der Waals surface area contributed by atoms with Gasteiger partial charge in [-0.05, 0) is 23.6 Å². The lowest BCUT2D eigenvalue weighted by atomic mass is 10.2. The van der Waals surface area contributed by atoms with Crippen molar-refractivity contribution in [3.05, 3.63) is 41.0 Å². The summed E-state index contributed by atoms with van der Waals surface area (Å²) >= 11 is 5.85. The molecule has 106 valence electrons. The minimum atomic E-state index is 0.508. The number of hydrogen-bond donors (Lipinski definition) is 2. The average Bonchev–Trinajstić information content (AvgIpc) is 2.45. The molecular weight excluding hydrogens is 274 g/mol. The van der Waals surface area contributed by atoms with Gasteiger partial charge in [-0.1, -0.05) is 37.6 Å². The van der Waals surface area contributed by atoms with Crippen LogP contribution in [0.15, 0.2) is 30.5 Å². The van der Waals surface area contributed by atoms with E-state index < -0.39 is 0 Å². The summed E-state index contributed by atoms with van der Waals surface area (Å²) in [6.45, 7) is 5.77. The van der Waals surface area contributed by atoms with Gasteiger partial charge in [-0.25, -0.2) is 0 Å². The molecule has 0 radical (unpaired) electrons. The molecule has 2 N–H and O–H groups in total. The third kappa shape index (κ3) is 4.66. The Hall–Kier alpha value is -1.88. The van der Waals surface area contributed by atoms with Gasteiger partial charge in [0.2, 0.25) is 5.95 Å². The number of aromatic nitrogens is 3. The van der Waals surface area contributed by atoms with Crippen molar-refractivity contribution in [3.63, 3.8) is 0 Å². The first-order valence-electron chi connectivity index (χ1n) is 6.55. The second-order valence-electron chi connectivity index (χ2n) is 4.92. The van der Waals surface area contributed by atoms with Gasteiger partial charge in [0.15, 0.2) is 5.82 Å². The number of halogens is 1. The molecule has 0 saturated carbocycles. The molecule has 0 atom stereocenters. The molecule has 0 fully saturated rings. The highest BCUT2D eigenvalue weighted by atomic mass is 35.5. The quantitative estimate of drug-likeness (QED) is 0.856. The fraction of sp³-hybridized carbons (Fsp3) is 0.357. The molecule has 20 heavy (non-hydrogen) atoms. The van der Waals surface area contributed by atoms with Crippen molar-refractivity contribution in [1.29, 1.82) is 0 Å². The Morgan fingerprint density at radius 1 is 1.15 bits per heavy atom. The van der Waals surface area contributed by atoms with E-state index in [1.165, 1.54) is 0 Å². The Labute approximate surface area is 123 Å². The number of hydrogen-bond acceptors (Lipinski definition) is 5. The van der Waals surface area contributed by atoms with Crippen molar-refractivity contribution in [2.45, 2.75) is 20.4 Å². The van der Waals surface area contributed by atoms with Gasteiger partial charge >= 0.3 is 0 Å². The van der Waals surface area contributed by atoms with Gasteiger partial charge in [-0.3, -0.25) is 0 Å². The zero-order chi connectivity index (χ0) is 14.4. The van der Waals surface area contributed by atoms with Gasteiger partial charge in [0, 0.05) is 18.1 Å². The smallest absolute Gasteiger partial charge is 0.244 e. The molecule has 0 unspecified atom stereocenters. The van der Waals surface area contributed by atoms with Crippen molar-refractivity contribution in [2.75, 3.05) is 17.2 Å². The van der Waals surface area contributed by atoms with Crippen LogP contribution in [0.4, 0.5) is 11.8 Å². The van der Waals surface area contributed by atoms with Gasteiger partial charge in [0.05, 0.1) is 6.20 Å². The fourth-order valence-electron chi connectivity index (χ4n) is 1.56. The minimum Gasteiger partial charge on any atom is -0.368 e. The average molecular weight is 292 g/mol. The Kier molecular flexibility index (Phi) is 5.12. The Morgan fingerprint density at radius 3 is 2.60 bits per heavy atom. The highest BCUT2D eigenvalue weighted by molar-refractivity contribution is 6.30. The molecule has 1 heterocycles. The van der Waals surface area contributed by atoms with E-state index in [-0.39, 0.29) is 0 Å². The summed E-state index contributed by atoms with van der Waals surface area (Å²) in [6.07, 6.45) is 1.62. The van der Waals surface area contributed by atoms with Crippen LogP contribution in [0.1, 0.15) is 19.4 Å². The largest absolute Gasteiger partial charge is 0.368 e. The van der Waals surface area contributed by atoms with E-state index in [1.807, 2.05) is 24.3 Å². The molecule has 0 bridgehead atoms. The molecule has 1 aromatic carbocycles. The van der Waals surface area contributed by atoms with Crippen LogP contribution in [-0.2, 0) is 6.54 Å². The van der Waals surface area contributed by atoms with E-state index in [0.717, 1.165) is 22.9 Å². The standard InChI is InChI=1S/C14H18ClN5/c1-10(2)7-16-13-9-18-20-14(19-13)17-8-11-3-5-12(15)6-4-11/h3-6,9-10H,7-8H2,1-2H3,(H2,16,17,19,20). The number of nitrogens with zero attached hydrogens (tertiary/aromatic N) is 3. The predicted molar refractivity (Wildman–Crippen MR) is 81.9 cm³/mol. The first-order valence-corrected chi connectivity index (χ1v) is 6.93. The van der Waals surface area contributed by atoms with Crippen LogP contribution in [-0.4, -0.2) is 21.7 Å². The van der Waals surface area contributed by atoms with Crippen molar-refractivity contribution >= 4 is 23.4 Å². The van der Waals surface area contributed by atoms with Crippen LogP contribution in [0.5, 0.6) is 0 Å². The van der Waals surface area contributed by atoms with Gasteiger partial charge in [-0.15, -0.1) is 5.10 Å². The van der Waals surface area contributed by atoms with Gasteiger partial charge < -0.3 is 10.6 Å². The maximum atomic E-state index is 5.85. The van der Waals surface area contributed by atoms with E-state index in [4.69, 9.17) is 11.6 Å². The van der Waals surface area contributed by atoms with E-state index in [9.17, 15) is 0 Å².